The lowest BCUT2D eigenvalue weighted by Gasteiger charge is -2.34. The predicted octanol–water partition coefficient (Wildman–Crippen LogP) is 1.05. The van der Waals surface area contributed by atoms with Gasteiger partial charge in [-0.25, -0.2) is 13.2 Å². The van der Waals surface area contributed by atoms with Crippen LogP contribution in [0.25, 0.3) is 0 Å². The van der Waals surface area contributed by atoms with Crippen LogP contribution in [0.15, 0.2) is 23.1 Å². The molecule has 2 aromatic rings. The lowest BCUT2D eigenvalue weighted by atomic mass is 10.1. The van der Waals surface area contributed by atoms with E-state index in [1.54, 1.807) is 0 Å². The Kier molecular flexibility index (Phi) is 5.21. The maximum absolute atomic E-state index is 13.8. The van der Waals surface area contributed by atoms with Crippen molar-refractivity contribution in [3.63, 3.8) is 0 Å². The van der Waals surface area contributed by atoms with Crippen LogP contribution in [0, 0.1) is 17.5 Å². The highest BCUT2D eigenvalue weighted by atomic mass is 19.1. The molecule has 0 aliphatic carbocycles. The molecule has 2 amide bonds. The third-order valence-corrected chi connectivity index (χ3v) is 5.57. The predicted molar refractivity (Wildman–Crippen MR) is 100 cm³/mol. The smallest absolute Gasteiger partial charge is 0.274 e. The zero-order chi connectivity index (χ0) is 22.4. The molecule has 1 aromatic heterocycles. The number of pyridine rings is 1. The zero-order valence-electron chi connectivity index (χ0n) is 16.1. The second kappa shape index (κ2) is 7.73. The number of hydrogen-bond donors (Lipinski definition) is 3. The molecule has 1 saturated heterocycles. The van der Waals surface area contributed by atoms with Crippen LogP contribution in [0.2, 0.25) is 0 Å². The molecule has 164 valence electrons. The number of carbonyl (C=O) groups excluding carboxylic acids is 2. The Hall–Kier alpha value is -3.34. The van der Waals surface area contributed by atoms with Crippen LogP contribution in [0.1, 0.15) is 45.3 Å². The van der Waals surface area contributed by atoms with Crippen molar-refractivity contribution in [2.45, 2.75) is 31.5 Å². The van der Waals surface area contributed by atoms with Gasteiger partial charge in [0.15, 0.2) is 11.4 Å². The maximum atomic E-state index is 13.8. The van der Waals surface area contributed by atoms with Gasteiger partial charge in [0.25, 0.3) is 11.8 Å². The largest absolute Gasteiger partial charge is 0.503 e. The fourth-order valence-corrected chi connectivity index (χ4v) is 3.98. The van der Waals surface area contributed by atoms with E-state index < -0.39 is 64.2 Å². The number of aromatic nitrogens is 1. The average Bonchev–Trinajstić information content (AvgIpc) is 2.87. The Morgan fingerprint density at radius 1 is 1.13 bits per heavy atom. The number of benzene rings is 1. The molecule has 3 heterocycles. The molecule has 2 bridgehead atoms. The van der Waals surface area contributed by atoms with Crippen molar-refractivity contribution < 1.29 is 33.0 Å². The van der Waals surface area contributed by atoms with Crippen molar-refractivity contribution in [1.82, 2.24) is 14.8 Å². The van der Waals surface area contributed by atoms with Gasteiger partial charge in [0.1, 0.15) is 23.0 Å². The third-order valence-electron chi connectivity index (χ3n) is 5.57. The quantitative estimate of drug-likeness (QED) is 0.665. The van der Waals surface area contributed by atoms with E-state index in [0.717, 1.165) is 6.20 Å². The number of aliphatic hydroxyl groups excluding tert-OH is 1. The number of fused-ring (bicyclic) bond motifs is 4. The van der Waals surface area contributed by atoms with E-state index in [-0.39, 0.29) is 24.8 Å². The van der Waals surface area contributed by atoms with Crippen molar-refractivity contribution in [3.05, 3.63) is 62.8 Å². The third kappa shape index (κ3) is 3.65. The van der Waals surface area contributed by atoms with Gasteiger partial charge in [0, 0.05) is 43.5 Å². The number of aromatic hydroxyl groups is 1. The van der Waals surface area contributed by atoms with E-state index in [1.807, 2.05) is 0 Å². The summed E-state index contributed by atoms with van der Waals surface area (Å²) in [5.74, 6) is -6.11. The van der Waals surface area contributed by atoms with Gasteiger partial charge >= 0.3 is 0 Å². The average molecular weight is 437 g/mol. The maximum Gasteiger partial charge on any atom is 0.274 e. The van der Waals surface area contributed by atoms with Gasteiger partial charge in [0.2, 0.25) is 5.43 Å². The van der Waals surface area contributed by atoms with Crippen molar-refractivity contribution in [2.24, 2.45) is 0 Å². The summed E-state index contributed by atoms with van der Waals surface area (Å²) in [7, 11) is 0. The molecular weight excluding hydrogens is 419 g/mol. The Labute approximate surface area is 173 Å². The van der Waals surface area contributed by atoms with Gasteiger partial charge in [-0.1, -0.05) is 0 Å². The van der Waals surface area contributed by atoms with Gasteiger partial charge in [-0.15, -0.1) is 0 Å². The second-order valence-electron chi connectivity index (χ2n) is 7.60. The van der Waals surface area contributed by atoms with Crippen LogP contribution in [0.4, 0.5) is 13.2 Å². The topological polar surface area (TPSA) is 112 Å². The van der Waals surface area contributed by atoms with Crippen molar-refractivity contribution >= 4 is 11.8 Å². The molecule has 8 nitrogen and oxygen atoms in total. The molecule has 0 unspecified atom stereocenters. The molecule has 2 aliphatic heterocycles. The Bertz CT molecular complexity index is 1130. The first-order valence-corrected chi connectivity index (χ1v) is 9.54. The van der Waals surface area contributed by atoms with Crippen molar-refractivity contribution in [2.75, 3.05) is 13.1 Å². The number of rotatable bonds is 3. The summed E-state index contributed by atoms with van der Waals surface area (Å²) in [4.78, 5) is 39.1. The fraction of sp³-hybridized carbons (Fsp3) is 0.350. The first-order chi connectivity index (χ1) is 14.7. The number of carbonyl (C=O) groups is 2. The number of halogens is 3. The summed E-state index contributed by atoms with van der Waals surface area (Å²) in [6, 6.07) is 0.541. The molecule has 1 aromatic carbocycles. The van der Waals surface area contributed by atoms with Crippen LogP contribution >= 0.6 is 0 Å². The van der Waals surface area contributed by atoms with Crippen LogP contribution in [0.3, 0.4) is 0 Å². The van der Waals surface area contributed by atoms with E-state index in [9.17, 15) is 37.8 Å². The minimum Gasteiger partial charge on any atom is -0.503 e. The van der Waals surface area contributed by atoms with E-state index >= 15 is 0 Å². The van der Waals surface area contributed by atoms with Crippen LogP contribution in [-0.4, -0.2) is 50.7 Å². The number of amides is 2. The molecule has 2 atom stereocenters. The van der Waals surface area contributed by atoms with E-state index in [4.69, 9.17) is 0 Å². The number of aliphatic hydroxyl groups is 1. The van der Waals surface area contributed by atoms with Crippen LogP contribution in [0.5, 0.6) is 5.75 Å². The number of hydrogen-bond acceptors (Lipinski definition) is 5. The lowest BCUT2D eigenvalue weighted by molar-refractivity contribution is 0.0588. The van der Waals surface area contributed by atoms with E-state index in [2.05, 4.69) is 5.32 Å². The first-order valence-electron chi connectivity index (χ1n) is 9.54. The van der Waals surface area contributed by atoms with E-state index in [0.29, 0.717) is 25.0 Å². The highest BCUT2D eigenvalue weighted by Gasteiger charge is 2.38. The van der Waals surface area contributed by atoms with Gasteiger partial charge < -0.3 is 25.0 Å². The van der Waals surface area contributed by atoms with Gasteiger partial charge in [-0.05, 0) is 12.8 Å². The monoisotopic (exact) mass is 437 g/mol. The molecule has 31 heavy (non-hydrogen) atoms. The Morgan fingerprint density at radius 2 is 1.81 bits per heavy atom. The summed E-state index contributed by atoms with van der Waals surface area (Å²) < 4.78 is 41.9. The lowest BCUT2D eigenvalue weighted by Crippen LogP contribution is -2.45. The van der Waals surface area contributed by atoms with Crippen LogP contribution in [-0.2, 0) is 6.54 Å². The minimum absolute atomic E-state index is 0.0694. The Morgan fingerprint density at radius 3 is 2.48 bits per heavy atom. The highest BCUT2D eigenvalue weighted by molar-refractivity contribution is 5.99. The molecule has 3 N–H and O–H groups in total. The van der Waals surface area contributed by atoms with Gasteiger partial charge in [-0.2, -0.15) is 0 Å². The minimum atomic E-state index is -1.20. The van der Waals surface area contributed by atoms with Crippen molar-refractivity contribution in [1.29, 1.82) is 0 Å². The summed E-state index contributed by atoms with van der Waals surface area (Å²) in [5.41, 5.74) is -2.50. The molecule has 0 spiro atoms. The fourth-order valence-electron chi connectivity index (χ4n) is 3.98. The van der Waals surface area contributed by atoms with Crippen molar-refractivity contribution in [3.8, 4) is 5.75 Å². The van der Waals surface area contributed by atoms with E-state index in [1.165, 1.54) is 9.47 Å². The summed E-state index contributed by atoms with van der Waals surface area (Å²) >= 11 is 0. The standard InChI is InChI=1S/C20H18F3N3O5/c21-9-3-14(22)12(15(23)4-9)5-24-19(30)13-8-26-10-1-2-11(27)7-25(6-10)20(31)16(26)18(29)17(13)28/h3-4,8,10-11,27,29H,1-2,5-7H2,(H,24,30)/t10-,11-/m0/s1. The first kappa shape index (κ1) is 20.9. The zero-order valence-corrected chi connectivity index (χ0v) is 16.1. The summed E-state index contributed by atoms with van der Waals surface area (Å²) in [6.07, 6.45) is 1.20. The molecule has 2 aliphatic rings. The molecule has 1 fully saturated rings. The molecule has 0 radical (unpaired) electrons. The summed E-state index contributed by atoms with van der Waals surface area (Å²) in [5, 5.41) is 22.5. The van der Waals surface area contributed by atoms with Gasteiger partial charge in [0.05, 0.1) is 12.1 Å². The Balaban J connectivity index is 1.67. The number of nitrogens with zero attached hydrogens (tertiary/aromatic N) is 2. The van der Waals surface area contributed by atoms with Gasteiger partial charge in [-0.3, -0.25) is 14.4 Å². The van der Waals surface area contributed by atoms with Crippen LogP contribution < -0.4 is 10.7 Å². The molecule has 11 heteroatoms. The molecular formula is C20H18F3N3O5. The molecule has 4 rings (SSSR count). The SMILES string of the molecule is O=C(NCc1c(F)cc(F)cc1F)c1cn2c(c(O)c1=O)C(=O)N1C[C@@H](O)CC[C@H]2C1. The number of nitrogens with one attached hydrogen (secondary N) is 1. The molecule has 0 saturated carbocycles. The second-order valence-corrected chi connectivity index (χ2v) is 7.60. The highest BCUT2D eigenvalue weighted by Crippen LogP contribution is 2.32. The summed E-state index contributed by atoms with van der Waals surface area (Å²) in [6.45, 7) is -0.362. The normalized spacial score (nSPS) is 20.3.